The van der Waals surface area contributed by atoms with E-state index in [1.165, 1.54) is 12.0 Å². The maximum absolute atomic E-state index is 12.3. The minimum absolute atomic E-state index is 0.00708. The van der Waals surface area contributed by atoms with Gasteiger partial charge in [0.15, 0.2) is 5.78 Å². The molecule has 0 aliphatic carbocycles. The van der Waals surface area contributed by atoms with Crippen LogP contribution in [0.1, 0.15) is 90.1 Å². The first-order chi connectivity index (χ1) is 18.3. The maximum atomic E-state index is 12.3. The summed E-state index contributed by atoms with van der Waals surface area (Å²) >= 11 is 0. The summed E-state index contributed by atoms with van der Waals surface area (Å²) in [6.07, 6.45) is 10.6. The molecule has 1 rings (SSSR count). The van der Waals surface area contributed by atoms with Crippen molar-refractivity contribution in [3.8, 4) is 0 Å². The zero-order valence-corrected chi connectivity index (χ0v) is 25.0. The molecule has 39 heavy (non-hydrogen) atoms. The lowest BCUT2D eigenvalue weighted by Gasteiger charge is -2.19. The van der Waals surface area contributed by atoms with E-state index in [0.717, 1.165) is 18.6 Å². The number of nitrogens with one attached hydrogen (secondary N) is 2. The first-order valence-electron chi connectivity index (χ1n) is 13.7. The third-order valence-electron chi connectivity index (χ3n) is 5.80. The Morgan fingerprint density at radius 2 is 1.77 bits per heavy atom. The molecule has 0 aliphatic rings. The molecule has 218 valence electrons. The van der Waals surface area contributed by atoms with Gasteiger partial charge in [-0.1, -0.05) is 109 Å². The maximum Gasteiger partial charge on any atom is 0.244 e. The molecule has 3 N–H and O–H groups in total. The standard InChI is InChI=1S/C20H30N2O4.C12H20O/c1-13(2)10-15(11-18(24)22-26)19(25)21-12-17(23)14-6-8-16(9-7-14)20(3,4)5;1-4-6-10-13-11-7-9-12(3)8-5-2/h6-9,13,15,26H,10-12H2,1-5H3,(H,21,25)(H,22,24);5,7-9H,2,4,6,10-11H2,1,3H3/b;9-7-,12-8-. The molecule has 7 nitrogen and oxygen atoms in total. The summed E-state index contributed by atoms with van der Waals surface area (Å²) in [6, 6.07) is 7.37. The molecule has 1 atom stereocenters. The summed E-state index contributed by atoms with van der Waals surface area (Å²) in [5, 5.41) is 11.3. The lowest BCUT2D eigenvalue weighted by atomic mass is 9.86. The van der Waals surface area contributed by atoms with Crippen LogP contribution in [0.25, 0.3) is 0 Å². The van der Waals surface area contributed by atoms with Crippen LogP contribution in [0.4, 0.5) is 0 Å². The van der Waals surface area contributed by atoms with Crippen molar-refractivity contribution in [1.82, 2.24) is 10.8 Å². The monoisotopic (exact) mass is 542 g/mol. The lowest BCUT2D eigenvalue weighted by Crippen LogP contribution is -2.37. The molecule has 0 spiro atoms. The summed E-state index contributed by atoms with van der Waals surface area (Å²) in [6.45, 7) is 19.5. The van der Waals surface area contributed by atoms with Crippen molar-refractivity contribution in [2.75, 3.05) is 19.8 Å². The summed E-state index contributed by atoms with van der Waals surface area (Å²) in [5.41, 5.74) is 4.42. The van der Waals surface area contributed by atoms with Gasteiger partial charge in [0.1, 0.15) is 0 Å². The quantitative estimate of drug-likeness (QED) is 0.0789. The molecule has 0 aromatic heterocycles. The van der Waals surface area contributed by atoms with Gasteiger partial charge in [-0.15, -0.1) is 0 Å². The number of hydrogen-bond donors (Lipinski definition) is 3. The van der Waals surface area contributed by atoms with E-state index in [2.05, 4.69) is 39.6 Å². The van der Waals surface area contributed by atoms with Gasteiger partial charge in [-0.05, 0) is 36.7 Å². The molecule has 0 aliphatic heterocycles. The van der Waals surface area contributed by atoms with Gasteiger partial charge in [0.2, 0.25) is 11.8 Å². The highest BCUT2D eigenvalue weighted by atomic mass is 16.5. The van der Waals surface area contributed by atoms with Crippen LogP contribution in [-0.2, 0) is 19.7 Å². The van der Waals surface area contributed by atoms with Gasteiger partial charge in [-0.25, -0.2) is 5.48 Å². The summed E-state index contributed by atoms with van der Waals surface area (Å²) in [5.74, 6) is -1.54. The highest BCUT2D eigenvalue weighted by Crippen LogP contribution is 2.22. The van der Waals surface area contributed by atoms with Gasteiger partial charge in [0.05, 0.1) is 13.2 Å². The number of carbonyl (C=O) groups excluding carboxylic acids is 3. The van der Waals surface area contributed by atoms with Crippen molar-refractivity contribution in [3.63, 3.8) is 0 Å². The highest BCUT2D eigenvalue weighted by Gasteiger charge is 2.23. The van der Waals surface area contributed by atoms with Crippen molar-refractivity contribution in [1.29, 1.82) is 0 Å². The van der Waals surface area contributed by atoms with E-state index in [4.69, 9.17) is 9.94 Å². The van der Waals surface area contributed by atoms with E-state index >= 15 is 0 Å². The molecule has 0 bridgehead atoms. The van der Waals surface area contributed by atoms with Crippen LogP contribution in [0, 0.1) is 11.8 Å². The first kappa shape index (κ1) is 36.0. The van der Waals surface area contributed by atoms with Gasteiger partial charge in [0, 0.05) is 24.5 Å². The molecule has 1 aromatic carbocycles. The number of amides is 2. The van der Waals surface area contributed by atoms with E-state index in [1.54, 1.807) is 23.7 Å². The van der Waals surface area contributed by atoms with Crippen molar-refractivity contribution >= 4 is 17.6 Å². The van der Waals surface area contributed by atoms with Crippen molar-refractivity contribution in [2.24, 2.45) is 11.8 Å². The van der Waals surface area contributed by atoms with Crippen molar-refractivity contribution in [2.45, 2.75) is 79.6 Å². The Hall–Kier alpha value is -3.03. The van der Waals surface area contributed by atoms with Crippen LogP contribution >= 0.6 is 0 Å². The van der Waals surface area contributed by atoms with Gasteiger partial charge in [-0.3, -0.25) is 19.6 Å². The number of unbranched alkanes of at least 4 members (excludes halogenated alkanes) is 1. The number of rotatable bonds is 15. The molecule has 1 aromatic rings. The van der Waals surface area contributed by atoms with Crippen molar-refractivity contribution in [3.05, 3.63) is 71.8 Å². The van der Waals surface area contributed by atoms with Crippen LogP contribution < -0.4 is 10.8 Å². The molecule has 0 saturated carbocycles. The fourth-order valence-electron chi connectivity index (χ4n) is 3.56. The number of ketones is 1. The number of hydrogen-bond acceptors (Lipinski definition) is 5. The van der Waals surface area contributed by atoms with Gasteiger partial charge >= 0.3 is 0 Å². The molecular weight excluding hydrogens is 492 g/mol. The summed E-state index contributed by atoms with van der Waals surface area (Å²) < 4.78 is 5.36. The minimum atomic E-state index is -0.616. The third kappa shape index (κ3) is 17.2. The second-order valence-electron chi connectivity index (χ2n) is 11.0. The fourth-order valence-corrected chi connectivity index (χ4v) is 3.56. The second kappa shape index (κ2) is 20.0. The molecule has 0 fully saturated rings. The smallest absolute Gasteiger partial charge is 0.244 e. The second-order valence-corrected chi connectivity index (χ2v) is 11.0. The average molecular weight is 543 g/mol. The molecule has 0 saturated heterocycles. The fraction of sp³-hybridized carbons (Fsp3) is 0.531. The Labute approximate surface area is 235 Å². The number of ether oxygens (including phenoxy) is 1. The van der Waals surface area contributed by atoms with E-state index < -0.39 is 11.8 Å². The molecule has 0 heterocycles. The van der Waals surface area contributed by atoms with Crippen LogP contribution in [0.2, 0.25) is 0 Å². The van der Waals surface area contributed by atoms with Crippen LogP contribution in [0.3, 0.4) is 0 Å². The Kier molecular flexibility index (Phi) is 18.4. The predicted molar refractivity (Wildman–Crippen MR) is 159 cm³/mol. The Balaban J connectivity index is 0.000000935. The third-order valence-corrected chi connectivity index (χ3v) is 5.80. The van der Waals surface area contributed by atoms with Crippen molar-refractivity contribution < 1.29 is 24.3 Å². The molecular formula is C32H50N2O5. The molecule has 7 heteroatoms. The largest absolute Gasteiger partial charge is 0.377 e. The summed E-state index contributed by atoms with van der Waals surface area (Å²) in [4.78, 5) is 36.0. The van der Waals surface area contributed by atoms with E-state index in [-0.39, 0.29) is 36.0 Å². The van der Waals surface area contributed by atoms with E-state index in [9.17, 15) is 14.4 Å². The highest BCUT2D eigenvalue weighted by molar-refractivity contribution is 5.99. The SMILES string of the molecule is C=C/C=C(C)\C=C/COCCCC.CC(C)CC(CC(=O)NO)C(=O)NCC(=O)c1ccc(C(C)(C)C)cc1. The van der Waals surface area contributed by atoms with Gasteiger partial charge in [0.25, 0.3) is 0 Å². The predicted octanol–water partition coefficient (Wildman–Crippen LogP) is 6.33. The molecule has 0 radical (unpaired) electrons. The topological polar surface area (TPSA) is 105 Å². The Bertz CT molecular complexity index is 940. The first-order valence-corrected chi connectivity index (χ1v) is 13.7. The number of benzene rings is 1. The van der Waals surface area contributed by atoms with Gasteiger partial charge < -0.3 is 10.1 Å². The molecule has 2 amide bonds. The van der Waals surface area contributed by atoms with E-state index in [0.29, 0.717) is 18.6 Å². The number of allylic oxidation sites excluding steroid dienone is 4. The van der Waals surface area contributed by atoms with E-state index in [1.807, 2.05) is 51.1 Å². The Morgan fingerprint density at radius 3 is 2.28 bits per heavy atom. The zero-order chi connectivity index (χ0) is 29.8. The zero-order valence-electron chi connectivity index (χ0n) is 25.0. The van der Waals surface area contributed by atoms with Gasteiger partial charge in [-0.2, -0.15) is 0 Å². The minimum Gasteiger partial charge on any atom is -0.377 e. The average Bonchev–Trinajstić information content (AvgIpc) is 2.88. The van der Waals surface area contributed by atoms with Crippen LogP contribution in [0.5, 0.6) is 0 Å². The number of hydroxylamine groups is 1. The van der Waals surface area contributed by atoms with Crippen LogP contribution in [-0.4, -0.2) is 42.6 Å². The number of carbonyl (C=O) groups is 3. The lowest BCUT2D eigenvalue weighted by molar-refractivity contribution is -0.135. The normalized spacial score (nSPS) is 12.5. The van der Waals surface area contributed by atoms with Crippen LogP contribution in [0.15, 0.2) is 60.7 Å². The number of Topliss-reactive ketones (excluding diaryl/α,β-unsaturated/α-hetero) is 1. The molecule has 1 unspecified atom stereocenters. The summed E-state index contributed by atoms with van der Waals surface area (Å²) in [7, 11) is 0. The Morgan fingerprint density at radius 1 is 1.13 bits per heavy atom.